The lowest BCUT2D eigenvalue weighted by Crippen LogP contribution is -2.31. The number of benzene rings is 1. The van der Waals surface area contributed by atoms with Crippen LogP contribution in [0.3, 0.4) is 0 Å². The van der Waals surface area contributed by atoms with Crippen molar-refractivity contribution in [3.8, 4) is 11.5 Å². The molecule has 6 nitrogen and oxygen atoms in total. The molecule has 0 saturated heterocycles. The van der Waals surface area contributed by atoms with Crippen LogP contribution in [0, 0.1) is 6.92 Å². The van der Waals surface area contributed by atoms with Gasteiger partial charge in [-0.05, 0) is 42.8 Å². The predicted octanol–water partition coefficient (Wildman–Crippen LogP) is 2.81. The number of aryl methyl sites for hydroxylation is 1. The predicted molar refractivity (Wildman–Crippen MR) is 104 cm³/mol. The van der Waals surface area contributed by atoms with Crippen LogP contribution in [-0.4, -0.2) is 36.2 Å². The maximum absolute atomic E-state index is 11.6. The Morgan fingerprint density at radius 1 is 1.07 bits per heavy atom. The summed E-state index contributed by atoms with van der Waals surface area (Å²) in [5.41, 5.74) is 5.01. The summed E-state index contributed by atoms with van der Waals surface area (Å²) < 4.78 is 23.2. The number of nitrogens with zero attached hydrogens (tertiary/aromatic N) is 4. The van der Waals surface area contributed by atoms with Crippen molar-refractivity contribution in [3.63, 3.8) is 0 Å². The third-order valence-corrected chi connectivity index (χ3v) is 5.91. The van der Waals surface area contributed by atoms with Crippen molar-refractivity contribution < 1.29 is 8.42 Å². The highest BCUT2D eigenvalue weighted by molar-refractivity contribution is 7.90. The van der Waals surface area contributed by atoms with E-state index >= 15 is 0 Å². The zero-order chi connectivity index (χ0) is 19.0. The third-order valence-electron chi connectivity index (χ3n) is 4.79. The van der Waals surface area contributed by atoms with Crippen LogP contribution in [0.4, 0.5) is 5.69 Å². The van der Waals surface area contributed by atoms with Crippen LogP contribution < -0.4 is 4.90 Å². The van der Waals surface area contributed by atoms with Gasteiger partial charge in [-0.3, -0.25) is 4.98 Å². The first-order valence-electron chi connectivity index (χ1n) is 8.74. The SMILES string of the molecule is Cc1cccnc1-c1ncc2c(n1)CCN(c1ccc(S(C)(=O)=O)cc1)C2. The van der Waals surface area contributed by atoms with Crippen LogP contribution in [0.2, 0.25) is 0 Å². The van der Waals surface area contributed by atoms with Crippen LogP contribution in [0.25, 0.3) is 11.5 Å². The Kier molecular flexibility index (Phi) is 4.39. The van der Waals surface area contributed by atoms with Crippen molar-refractivity contribution in [1.29, 1.82) is 0 Å². The number of hydrogen-bond donors (Lipinski definition) is 0. The van der Waals surface area contributed by atoms with Gasteiger partial charge in [-0.2, -0.15) is 0 Å². The number of rotatable bonds is 3. The van der Waals surface area contributed by atoms with Gasteiger partial charge < -0.3 is 4.90 Å². The monoisotopic (exact) mass is 380 g/mol. The summed E-state index contributed by atoms with van der Waals surface area (Å²) >= 11 is 0. The molecule has 0 unspecified atom stereocenters. The Labute approximate surface area is 158 Å². The molecule has 4 rings (SSSR count). The number of anilines is 1. The highest BCUT2D eigenvalue weighted by Crippen LogP contribution is 2.26. The smallest absolute Gasteiger partial charge is 0.178 e. The molecule has 0 bridgehead atoms. The molecule has 2 aromatic heterocycles. The molecule has 0 N–H and O–H groups in total. The van der Waals surface area contributed by atoms with E-state index in [9.17, 15) is 8.42 Å². The quantitative estimate of drug-likeness (QED) is 0.695. The molecule has 3 heterocycles. The van der Waals surface area contributed by atoms with Crippen LogP contribution >= 0.6 is 0 Å². The summed E-state index contributed by atoms with van der Waals surface area (Å²) in [6.45, 7) is 3.53. The largest absolute Gasteiger partial charge is 0.367 e. The van der Waals surface area contributed by atoms with Gasteiger partial charge >= 0.3 is 0 Å². The second kappa shape index (κ2) is 6.74. The van der Waals surface area contributed by atoms with Crippen LogP contribution in [0.15, 0.2) is 53.7 Å². The average molecular weight is 380 g/mol. The fraction of sp³-hybridized carbons (Fsp3) is 0.250. The molecule has 138 valence electrons. The second-order valence-corrected chi connectivity index (χ2v) is 8.79. The standard InChI is InChI=1S/C20H20N4O2S/c1-14-4-3-10-21-19(14)20-22-12-15-13-24(11-9-18(15)23-20)16-5-7-17(8-6-16)27(2,25)26/h3-8,10,12H,9,11,13H2,1-2H3. The molecule has 1 aliphatic rings. The van der Waals surface area contributed by atoms with Gasteiger partial charge in [-0.15, -0.1) is 0 Å². The molecule has 0 saturated carbocycles. The zero-order valence-electron chi connectivity index (χ0n) is 15.3. The molecule has 1 aliphatic heterocycles. The molecule has 27 heavy (non-hydrogen) atoms. The van der Waals surface area contributed by atoms with Crippen LogP contribution in [0.1, 0.15) is 16.8 Å². The van der Waals surface area contributed by atoms with E-state index in [1.165, 1.54) is 6.26 Å². The van der Waals surface area contributed by atoms with Gasteiger partial charge in [0.2, 0.25) is 0 Å². The van der Waals surface area contributed by atoms with Gasteiger partial charge in [0.15, 0.2) is 15.7 Å². The molecule has 0 amide bonds. The van der Waals surface area contributed by atoms with E-state index in [4.69, 9.17) is 4.98 Å². The lowest BCUT2D eigenvalue weighted by molar-refractivity contribution is 0.602. The first-order chi connectivity index (χ1) is 12.9. The van der Waals surface area contributed by atoms with Crippen molar-refractivity contribution in [2.24, 2.45) is 0 Å². The normalized spacial score (nSPS) is 14.1. The lowest BCUT2D eigenvalue weighted by atomic mass is 10.1. The maximum Gasteiger partial charge on any atom is 0.178 e. The molecule has 0 spiro atoms. The van der Waals surface area contributed by atoms with E-state index in [2.05, 4.69) is 14.9 Å². The van der Waals surface area contributed by atoms with Crippen molar-refractivity contribution >= 4 is 15.5 Å². The Morgan fingerprint density at radius 2 is 1.85 bits per heavy atom. The van der Waals surface area contributed by atoms with Crippen molar-refractivity contribution in [2.45, 2.75) is 24.8 Å². The molecule has 1 aromatic carbocycles. The minimum atomic E-state index is -3.18. The van der Waals surface area contributed by atoms with Gasteiger partial charge in [0.25, 0.3) is 0 Å². The first-order valence-corrected chi connectivity index (χ1v) is 10.6. The molecule has 7 heteroatoms. The molecule has 3 aromatic rings. The number of hydrogen-bond acceptors (Lipinski definition) is 6. The van der Waals surface area contributed by atoms with Crippen molar-refractivity contribution in [1.82, 2.24) is 15.0 Å². The molecule has 0 atom stereocenters. The minimum absolute atomic E-state index is 0.336. The van der Waals surface area contributed by atoms with Gasteiger partial charge in [-0.25, -0.2) is 18.4 Å². The average Bonchev–Trinajstić information content (AvgIpc) is 2.67. The number of fused-ring (bicyclic) bond motifs is 1. The molecule has 0 fully saturated rings. The van der Waals surface area contributed by atoms with Gasteiger partial charge in [0.1, 0.15) is 5.69 Å². The lowest BCUT2D eigenvalue weighted by Gasteiger charge is -2.30. The highest BCUT2D eigenvalue weighted by atomic mass is 32.2. The summed E-state index contributed by atoms with van der Waals surface area (Å²) in [6, 6.07) is 10.9. The van der Waals surface area contributed by atoms with Crippen LogP contribution in [-0.2, 0) is 22.8 Å². The summed E-state index contributed by atoms with van der Waals surface area (Å²) in [5.74, 6) is 0.665. The molecule has 0 aliphatic carbocycles. The topological polar surface area (TPSA) is 76.1 Å². The third kappa shape index (κ3) is 3.55. The molecular weight excluding hydrogens is 360 g/mol. The number of aromatic nitrogens is 3. The first kappa shape index (κ1) is 17.6. The van der Waals surface area contributed by atoms with E-state index in [0.717, 1.165) is 41.2 Å². The zero-order valence-corrected chi connectivity index (χ0v) is 16.1. The highest BCUT2D eigenvalue weighted by Gasteiger charge is 2.20. The van der Waals surface area contributed by atoms with Gasteiger partial charge in [0.05, 0.1) is 10.6 Å². The summed E-state index contributed by atoms with van der Waals surface area (Å²) in [7, 11) is -3.18. The maximum atomic E-state index is 11.6. The molecule has 0 radical (unpaired) electrons. The van der Waals surface area contributed by atoms with E-state index in [1.54, 1.807) is 18.3 Å². The summed E-state index contributed by atoms with van der Waals surface area (Å²) in [4.78, 5) is 16.2. The van der Waals surface area contributed by atoms with E-state index in [1.807, 2.05) is 37.4 Å². The second-order valence-electron chi connectivity index (χ2n) is 6.77. The van der Waals surface area contributed by atoms with Crippen LogP contribution in [0.5, 0.6) is 0 Å². The van der Waals surface area contributed by atoms with E-state index < -0.39 is 9.84 Å². The van der Waals surface area contributed by atoms with Crippen molar-refractivity contribution in [2.75, 3.05) is 17.7 Å². The Morgan fingerprint density at radius 3 is 2.56 bits per heavy atom. The van der Waals surface area contributed by atoms with Crippen molar-refractivity contribution in [3.05, 3.63) is 65.6 Å². The Bertz CT molecular complexity index is 1100. The van der Waals surface area contributed by atoms with Gasteiger partial charge in [0, 0.05) is 49.4 Å². The minimum Gasteiger partial charge on any atom is -0.367 e. The summed E-state index contributed by atoms with van der Waals surface area (Å²) in [5, 5.41) is 0. The Balaban J connectivity index is 1.58. The molecular formula is C20H20N4O2S. The Hall–Kier alpha value is -2.80. The summed E-state index contributed by atoms with van der Waals surface area (Å²) in [6.07, 6.45) is 5.66. The fourth-order valence-corrected chi connectivity index (χ4v) is 3.91. The number of sulfone groups is 1. The van der Waals surface area contributed by atoms with E-state index in [0.29, 0.717) is 17.3 Å². The number of pyridine rings is 1. The fourth-order valence-electron chi connectivity index (χ4n) is 3.27. The van der Waals surface area contributed by atoms with Gasteiger partial charge in [-0.1, -0.05) is 6.07 Å². The van der Waals surface area contributed by atoms with E-state index in [-0.39, 0.29) is 0 Å².